The fourth-order valence-electron chi connectivity index (χ4n) is 3.45. The number of nitriles is 1. The number of hydrogen-bond donors (Lipinski definition) is 1. The first-order valence-corrected chi connectivity index (χ1v) is 10.9. The summed E-state index contributed by atoms with van der Waals surface area (Å²) < 4.78 is 13.2. The highest BCUT2D eigenvalue weighted by molar-refractivity contribution is 5.92. The first-order chi connectivity index (χ1) is 15.6. The number of ether oxygens (including phenoxy) is 2. The molecule has 0 aliphatic rings. The van der Waals surface area contributed by atoms with Gasteiger partial charge in [0.2, 0.25) is 5.95 Å². The van der Waals surface area contributed by atoms with Gasteiger partial charge in [0, 0.05) is 19.2 Å². The van der Waals surface area contributed by atoms with Gasteiger partial charge in [-0.15, -0.1) is 0 Å². The van der Waals surface area contributed by atoms with E-state index in [9.17, 15) is 4.79 Å². The van der Waals surface area contributed by atoms with Crippen LogP contribution >= 0.6 is 0 Å². The molecule has 0 saturated heterocycles. The van der Waals surface area contributed by atoms with Gasteiger partial charge in [0.25, 0.3) is 5.91 Å². The summed E-state index contributed by atoms with van der Waals surface area (Å²) in [4.78, 5) is 19.6. The van der Waals surface area contributed by atoms with Gasteiger partial charge in [-0.1, -0.05) is 26.0 Å². The second kappa shape index (κ2) is 11.2. The number of nitrogens with zero attached hydrogens (tertiary/aromatic N) is 4. The van der Waals surface area contributed by atoms with Gasteiger partial charge >= 0.3 is 0 Å². The molecule has 1 aromatic heterocycles. The van der Waals surface area contributed by atoms with Gasteiger partial charge in [0.05, 0.1) is 29.3 Å². The van der Waals surface area contributed by atoms with E-state index in [-0.39, 0.29) is 12.5 Å². The molecule has 0 aliphatic carbocycles. The molecular formula is C24H29N5O3. The molecule has 0 radical (unpaired) electrons. The van der Waals surface area contributed by atoms with E-state index < -0.39 is 0 Å². The number of likely N-dealkylation sites (N-methyl/N-ethyl adjacent to an activating group) is 1. The van der Waals surface area contributed by atoms with Crippen LogP contribution in [0.15, 0.2) is 42.5 Å². The molecule has 0 aliphatic heterocycles. The smallest absolute Gasteiger partial charge is 0.264 e. The summed E-state index contributed by atoms with van der Waals surface area (Å²) in [6, 6.07) is 14.8. The van der Waals surface area contributed by atoms with Crippen LogP contribution in [0.3, 0.4) is 0 Å². The first kappa shape index (κ1) is 23.1. The molecule has 3 rings (SSSR count). The molecule has 0 saturated carbocycles. The minimum absolute atomic E-state index is 0.203. The average molecular weight is 436 g/mol. The minimum Gasteiger partial charge on any atom is -0.490 e. The number of amides is 1. The van der Waals surface area contributed by atoms with E-state index in [0.29, 0.717) is 36.2 Å². The fourth-order valence-corrected chi connectivity index (χ4v) is 3.45. The zero-order chi connectivity index (χ0) is 22.9. The van der Waals surface area contributed by atoms with E-state index in [0.717, 1.165) is 30.7 Å². The Morgan fingerprint density at radius 2 is 1.91 bits per heavy atom. The quantitative estimate of drug-likeness (QED) is 0.494. The van der Waals surface area contributed by atoms with Crippen molar-refractivity contribution in [3.8, 4) is 17.6 Å². The van der Waals surface area contributed by atoms with E-state index in [1.54, 1.807) is 18.2 Å². The predicted octanol–water partition coefficient (Wildman–Crippen LogP) is 3.67. The number of imidazole rings is 1. The number of rotatable bonds is 11. The summed E-state index contributed by atoms with van der Waals surface area (Å²) in [6.07, 6.45) is 0. The number of fused-ring (bicyclic) bond motifs is 1. The highest BCUT2D eigenvalue weighted by Gasteiger charge is 2.15. The highest BCUT2D eigenvalue weighted by Crippen LogP contribution is 2.28. The summed E-state index contributed by atoms with van der Waals surface area (Å²) in [6.45, 7) is 9.83. The Morgan fingerprint density at radius 1 is 1.12 bits per heavy atom. The minimum atomic E-state index is -0.323. The number of carbonyl (C=O) groups is 1. The lowest BCUT2D eigenvalue weighted by Crippen LogP contribution is -2.28. The van der Waals surface area contributed by atoms with Crippen molar-refractivity contribution in [3.63, 3.8) is 0 Å². The van der Waals surface area contributed by atoms with Crippen molar-refractivity contribution in [2.75, 3.05) is 38.2 Å². The van der Waals surface area contributed by atoms with Crippen LogP contribution in [-0.2, 0) is 11.3 Å². The third-order valence-electron chi connectivity index (χ3n) is 5.17. The predicted molar refractivity (Wildman–Crippen MR) is 124 cm³/mol. The summed E-state index contributed by atoms with van der Waals surface area (Å²) in [5.74, 6) is 1.02. The molecule has 2 aromatic carbocycles. The summed E-state index contributed by atoms with van der Waals surface area (Å²) >= 11 is 0. The third kappa shape index (κ3) is 5.56. The molecule has 0 unspecified atom stereocenters. The molecular weight excluding hydrogens is 406 g/mol. The Kier molecular flexibility index (Phi) is 8.06. The van der Waals surface area contributed by atoms with Crippen LogP contribution in [0.2, 0.25) is 0 Å². The molecule has 1 heterocycles. The number of anilines is 1. The number of para-hydroxylation sites is 2. The zero-order valence-corrected chi connectivity index (χ0v) is 18.8. The molecule has 8 nitrogen and oxygen atoms in total. The molecule has 168 valence electrons. The normalized spacial score (nSPS) is 10.8. The number of benzene rings is 2. The Hall–Kier alpha value is -3.57. The van der Waals surface area contributed by atoms with Gasteiger partial charge in [-0.05, 0) is 44.3 Å². The van der Waals surface area contributed by atoms with Crippen LogP contribution in [0.5, 0.6) is 11.5 Å². The van der Waals surface area contributed by atoms with Crippen LogP contribution in [0.1, 0.15) is 26.3 Å². The lowest BCUT2D eigenvalue weighted by Gasteiger charge is -2.19. The Morgan fingerprint density at radius 3 is 2.62 bits per heavy atom. The molecule has 1 amide bonds. The molecule has 32 heavy (non-hydrogen) atoms. The largest absolute Gasteiger partial charge is 0.490 e. The number of carbonyl (C=O) groups excluding carboxylic acids is 1. The molecule has 0 spiro atoms. The van der Waals surface area contributed by atoms with Crippen molar-refractivity contribution in [2.45, 2.75) is 27.3 Å². The summed E-state index contributed by atoms with van der Waals surface area (Å²) in [5.41, 5.74) is 2.27. The molecule has 3 aromatic rings. The first-order valence-electron chi connectivity index (χ1n) is 10.9. The van der Waals surface area contributed by atoms with E-state index in [1.807, 2.05) is 35.8 Å². The second-order valence-electron chi connectivity index (χ2n) is 7.15. The third-order valence-corrected chi connectivity index (χ3v) is 5.17. The topological polar surface area (TPSA) is 92.4 Å². The Labute approximate surface area is 188 Å². The van der Waals surface area contributed by atoms with Crippen molar-refractivity contribution in [3.05, 3.63) is 48.0 Å². The Bertz CT molecular complexity index is 1100. The lowest BCUT2D eigenvalue weighted by molar-refractivity contribution is -0.118. The second-order valence-corrected chi connectivity index (χ2v) is 7.15. The maximum absolute atomic E-state index is 12.7. The van der Waals surface area contributed by atoms with Crippen LogP contribution in [-0.4, -0.2) is 53.2 Å². The van der Waals surface area contributed by atoms with Crippen molar-refractivity contribution < 1.29 is 14.3 Å². The maximum Gasteiger partial charge on any atom is 0.264 e. The number of aromatic nitrogens is 2. The molecule has 1 N–H and O–H groups in total. The van der Waals surface area contributed by atoms with E-state index in [1.165, 1.54) is 0 Å². The molecule has 0 bridgehead atoms. The van der Waals surface area contributed by atoms with Crippen LogP contribution in [0, 0.1) is 11.3 Å². The van der Waals surface area contributed by atoms with Gasteiger partial charge in [-0.3, -0.25) is 10.1 Å². The summed E-state index contributed by atoms with van der Waals surface area (Å²) in [5, 5.41) is 12.0. The van der Waals surface area contributed by atoms with Crippen molar-refractivity contribution in [1.82, 2.24) is 14.5 Å². The van der Waals surface area contributed by atoms with Gasteiger partial charge < -0.3 is 18.9 Å². The van der Waals surface area contributed by atoms with Crippen LogP contribution in [0.4, 0.5) is 5.95 Å². The molecule has 0 fully saturated rings. The van der Waals surface area contributed by atoms with E-state index >= 15 is 0 Å². The highest BCUT2D eigenvalue weighted by atomic mass is 16.5. The number of hydrogen-bond acceptors (Lipinski definition) is 6. The van der Waals surface area contributed by atoms with E-state index in [4.69, 9.17) is 14.7 Å². The zero-order valence-electron chi connectivity index (χ0n) is 18.8. The summed E-state index contributed by atoms with van der Waals surface area (Å²) in [7, 11) is 0. The van der Waals surface area contributed by atoms with Crippen molar-refractivity contribution in [1.29, 1.82) is 5.26 Å². The Balaban J connectivity index is 1.73. The number of nitrogens with one attached hydrogen (secondary N) is 1. The van der Waals surface area contributed by atoms with Gasteiger partial charge in [-0.25, -0.2) is 4.98 Å². The van der Waals surface area contributed by atoms with Crippen LogP contribution < -0.4 is 14.8 Å². The fraction of sp³-hybridized carbons (Fsp3) is 0.375. The maximum atomic E-state index is 12.7. The molecule has 0 atom stereocenters. The van der Waals surface area contributed by atoms with Gasteiger partial charge in [-0.2, -0.15) is 5.26 Å². The standard InChI is InChI=1S/C24H29N5O3/c1-4-28(5-2)13-14-29-20-10-8-7-9-19(20)26-24(29)27-23(30)17-32-21-12-11-18(16-25)15-22(21)31-6-3/h7-12,15H,4-6,13-14,17H2,1-3H3,(H,26,27,30). The molecule has 8 heteroatoms. The van der Waals surface area contributed by atoms with Gasteiger partial charge in [0.15, 0.2) is 18.1 Å². The van der Waals surface area contributed by atoms with Crippen molar-refractivity contribution in [2.24, 2.45) is 0 Å². The van der Waals surface area contributed by atoms with Gasteiger partial charge in [0.1, 0.15) is 0 Å². The average Bonchev–Trinajstić information content (AvgIpc) is 3.16. The van der Waals surface area contributed by atoms with Crippen LogP contribution in [0.25, 0.3) is 11.0 Å². The van der Waals surface area contributed by atoms with Crippen molar-refractivity contribution >= 4 is 22.9 Å². The lowest BCUT2D eigenvalue weighted by atomic mass is 10.2. The monoisotopic (exact) mass is 435 g/mol. The SMILES string of the molecule is CCOc1cc(C#N)ccc1OCC(=O)Nc1nc2ccccc2n1CCN(CC)CC. The van der Waals surface area contributed by atoms with E-state index in [2.05, 4.69) is 35.1 Å².